The van der Waals surface area contributed by atoms with Gasteiger partial charge in [-0.2, -0.15) is 0 Å². The van der Waals surface area contributed by atoms with E-state index < -0.39 is 0 Å². The monoisotopic (exact) mass is 379 g/mol. The van der Waals surface area contributed by atoms with Gasteiger partial charge in [0.05, 0.1) is 0 Å². The largest absolute Gasteiger partial charge is 0.348 e. The van der Waals surface area contributed by atoms with Gasteiger partial charge in [-0.25, -0.2) is 4.98 Å². The molecule has 0 bridgehead atoms. The summed E-state index contributed by atoms with van der Waals surface area (Å²) in [5, 5.41) is 3.46. The smallest absolute Gasteiger partial charge is 0.251 e. The van der Waals surface area contributed by atoms with Crippen molar-refractivity contribution < 1.29 is 9.59 Å². The second kappa shape index (κ2) is 8.47. The molecule has 0 atom stereocenters. The topological polar surface area (TPSA) is 64.0 Å². The third-order valence-corrected chi connectivity index (χ3v) is 4.26. The molecule has 0 fully saturated rings. The van der Waals surface area contributed by atoms with Crippen molar-refractivity contribution in [3.05, 3.63) is 94.5 Å². The number of allylic oxidation sites excluding steroid dienone is 1. The second-order valence-corrected chi connectivity index (χ2v) is 6.43. The van der Waals surface area contributed by atoms with Gasteiger partial charge in [-0.1, -0.05) is 41.9 Å². The van der Waals surface area contributed by atoms with Gasteiger partial charge in [-0.15, -0.1) is 0 Å². The van der Waals surface area contributed by atoms with Crippen molar-refractivity contribution in [3.63, 3.8) is 0 Å². The Morgan fingerprint density at radius 1 is 1.11 bits per heavy atom. The van der Waals surface area contributed by atoms with E-state index in [4.69, 9.17) is 11.6 Å². The van der Waals surface area contributed by atoms with Gasteiger partial charge in [0.25, 0.3) is 5.91 Å². The first-order chi connectivity index (χ1) is 13.0. The summed E-state index contributed by atoms with van der Waals surface area (Å²) in [5.41, 5.74) is 2.42. The van der Waals surface area contributed by atoms with Gasteiger partial charge < -0.3 is 9.88 Å². The average molecular weight is 380 g/mol. The van der Waals surface area contributed by atoms with Crippen LogP contribution in [0.5, 0.6) is 0 Å². The molecule has 5 nitrogen and oxygen atoms in total. The van der Waals surface area contributed by atoms with Crippen LogP contribution in [0.15, 0.2) is 67.0 Å². The number of carbonyl (C=O) groups excluding carboxylic acids is 2. The average Bonchev–Trinajstić information content (AvgIpc) is 3.11. The van der Waals surface area contributed by atoms with Gasteiger partial charge in [0.2, 0.25) is 5.78 Å². The van der Waals surface area contributed by atoms with Gasteiger partial charge in [0, 0.05) is 36.6 Å². The van der Waals surface area contributed by atoms with Gasteiger partial charge in [-0.3, -0.25) is 9.59 Å². The SMILES string of the molecule is Cn1ccnc1C(=O)/C=C/c1ccc(CNC(=O)c2ccc(Cl)cc2)cc1. The fraction of sp³-hybridized carbons (Fsp3) is 0.0952. The lowest BCUT2D eigenvalue weighted by molar-refractivity contribution is 0.0950. The van der Waals surface area contributed by atoms with Crippen LogP contribution in [-0.2, 0) is 13.6 Å². The van der Waals surface area contributed by atoms with E-state index in [0.29, 0.717) is 23.0 Å². The molecule has 27 heavy (non-hydrogen) atoms. The number of aromatic nitrogens is 2. The van der Waals surface area contributed by atoms with E-state index in [9.17, 15) is 9.59 Å². The third kappa shape index (κ3) is 4.92. The molecular formula is C21H18ClN3O2. The van der Waals surface area contributed by atoms with E-state index >= 15 is 0 Å². The van der Waals surface area contributed by atoms with Crippen LogP contribution >= 0.6 is 11.6 Å². The zero-order chi connectivity index (χ0) is 19.2. The number of amides is 1. The molecule has 0 saturated carbocycles. The van der Waals surface area contributed by atoms with Gasteiger partial charge in [0.15, 0.2) is 5.82 Å². The maximum absolute atomic E-state index is 12.1. The highest BCUT2D eigenvalue weighted by atomic mass is 35.5. The Balaban J connectivity index is 1.56. The number of benzene rings is 2. The maximum Gasteiger partial charge on any atom is 0.251 e. The van der Waals surface area contributed by atoms with Gasteiger partial charge in [-0.05, 0) is 41.5 Å². The first kappa shape index (κ1) is 18.6. The van der Waals surface area contributed by atoms with Crippen molar-refractivity contribution in [1.82, 2.24) is 14.9 Å². The molecule has 2 aromatic carbocycles. The lowest BCUT2D eigenvalue weighted by atomic mass is 10.1. The fourth-order valence-electron chi connectivity index (χ4n) is 2.48. The van der Waals surface area contributed by atoms with Crippen LogP contribution in [0.25, 0.3) is 6.08 Å². The van der Waals surface area contributed by atoms with Crippen LogP contribution < -0.4 is 5.32 Å². The van der Waals surface area contributed by atoms with E-state index in [1.165, 1.54) is 6.08 Å². The summed E-state index contributed by atoms with van der Waals surface area (Å²) in [4.78, 5) is 28.2. The zero-order valence-electron chi connectivity index (χ0n) is 14.7. The predicted molar refractivity (Wildman–Crippen MR) is 106 cm³/mol. The molecule has 0 spiro atoms. The van der Waals surface area contributed by atoms with Crippen molar-refractivity contribution in [2.75, 3.05) is 0 Å². The highest BCUT2D eigenvalue weighted by Gasteiger charge is 2.07. The quantitative estimate of drug-likeness (QED) is 0.522. The van der Waals surface area contributed by atoms with Gasteiger partial charge >= 0.3 is 0 Å². The first-order valence-corrected chi connectivity index (χ1v) is 8.73. The van der Waals surface area contributed by atoms with Crippen LogP contribution in [0.2, 0.25) is 5.02 Å². The molecule has 1 N–H and O–H groups in total. The summed E-state index contributed by atoms with van der Waals surface area (Å²) in [7, 11) is 1.78. The summed E-state index contributed by atoms with van der Waals surface area (Å²) in [5.74, 6) is 0.0888. The summed E-state index contributed by atoms with van der Waals surface area (Å²) in [6.45, 7) is 0.414. The minimum Gasteiger partial charge on any atom is -0.348 e. The number of carbonyl (C=O) groups is 2. The van der Waals surface area contributed by atoms with E-state index in [1.807, 2.05) is 24.3 Å². The van der Waals surface area contributed by atoms with E-state index in [0.717, 1.165) is 11.1 Å². The number of ketones is 1. The van der Waals surface area contributed by atoms with E-state index in [-0.39, 0.29) is 11.7 Å². The Morgan fingerprint density at radius 3 is 2.44 bits per heavy atom. The molecule has 0 aliphatic rings. The second-order valence-electron chi connectivity index (χ2n) is 5.99. The molecule has 3 rings (SSSR count). The van der Waals surface area contributed by atoms with Crippen LogP contribution in [0, 0.1) is 0 Å². The number of aryl methyl sites for hydroxylation is 1. The van der Waals surface area contributed by atoms with Gasteiger partial charge in [0.1, 0.15) is 0 Å². The highest BCUT2D eigenvalue weighted by molar-refractivity contribution is 6.30. The Kier molecular flexibility index (Phi) is 5.84. The predicted octanol–water partition coefficient (Wildman–Crippen LogP) is 3.90. The van der Waals surface area contributed by atoms with Crippen molar-refractivity contribution in [2.45, 2.75) is 6.54 Å². The lowest BCUT2D eigenvalue weighted by Gasteiger charge is -2.06. The molecule has 0 aliphatic carbocycles. The molecule has 0 unspecified atom stereocenters. The Morgan fingerprint density at radius 2 is 1.81 bits per heavy atom. The Labute approximate surface area is 162 Å². The minimum absolute atomic E-state index is 0.151. The number of nitrogens with one attached hydrogen (secondary N) is 1. The Hall–Kier alpha value is -3.18. The molecule has 1 heterocycles. The lowest BCUT2D eigenvalue weighted by Crippen LogP contribution is -2.22. The number of hydrogen-bond acceptors (Lipinski definition) is 3. The van der Waals surface area contributed by atoms with Crippen molar-refractivity contribution >= 4 is 29.4 Å². The van der Waals surface area contributed by atoms with Crippen LogP contribution in [-0.4, -0.2) is 21.2 Å². The molecule has 6 heteroatoms. The summed E-state index contributed by atoms with van der Waals surface area (Å²) in [6, 6.07) is 14.3. The molecule has 3 aromatic rings. The number of nitrogens with zero attached hydrogens (tertiary/aromatic N) is 2. The maximum atomic E-state index is 12.1. The standard InChI is InChI=1S/C21H18ClN3O2/c1-25-13-12-23-20(25)19(26)11-6-15-2-4-16(5-3-15)14-24-21(27)17-7-9-18(22)10-8-17/h2-13H,14H2,1H3,(H,24,27)/b11-6+. The van der Waals surface area contributed by atoms with Crippen molar-refractivity contribution in [1.29, 1.82) is 0 Å². The van der Waals surface area contributed by atoms with E-state index in [1.54, 1.807) is 54.3 Å². The normalized spacial score (nSPS) is 10.9. The Bertz CT molecular complexity index is 973. The number of halogens is 1. The molecule has 0 saturated heterocycles. The van der Waals surface area contributed by atoms with Crippen LogP contribution in [0.4, 0.5) is 0 Å². The first-order valence-electron chi connectivity index (χ1n) is 8.35. The summed E-state index contributed by atoms with van der Waals surface area (Å²) < 4.78 is 1.68. The number of rotatable bonds is 6. The zero-order valence-corrected chi connectivity index (χ0v) is 15.5. The molecule has 1 aromatic heterocycles. The highest BCUT2D eigenvalue weighted by Crippen LogP contribution is 2.10. The van der Waals surface area contributed by atoms with E-state index in [2.05, 4.69) is 10.3 Å². The van der Waals surface area contributed by atoms with Crippen LogP contribution in [0.1, 0.15) is 32.1 Å². The molecular weight excluding hydrogens is 362 g/mol. The minimum atomic E-state index is -0.156. The van der Waals surface area contributed by atoms with Crippen LogP contribution in [0.3, 0.4) is 0 Å². The summed E-state index contributed by atoms with van der Waals surface area (Å²) in [6.07, 6.45) is 6.56. The molecule has 1 amide bonds. The molecule has 136 valence electrons. The third-order valence-electron chi connectivity index (χ3n) is 4.01. The number of hydrogen-bond donors (Lipinski definition) is 1. The van der Waals surface area contributed by atoms with Crippen molar-refractivity contribution in [2.24, 2.45) is 7.05 Å². The number of imidazole rings is 1. The molecule has 0 radical (unpaired) electrons. The fourth-order valence-corrected chi connectivity index (χ4v) is 2.61. The molecule has 0 aliphatic heterocycles. The summed E-state index contributed by atoms with van der Waals surface area (Å²) >= 11 is 5.82. The van der Waals surface area contributed by atoms with Crippen molar-refractivity contribution in [3.8, 4) is 0 Å².